The molecule has 1 spiro atoms. The molecular formula is C31H29N5O8S. The maximum Gasteiger partial charge on any atom is 0.407 e. The summed E-state index contributed by atoms with van der Waals surface area (Å²) in [5, 5.41) is 21.9. The van der Waals surface area contributed by atoms with E-state index in [4.69, 9.17) is 9.47 Å². The van der Waals surface area contributed by atoms with Crippen molar-refractivity contribution in [2.24, 2.45) is 11.3 Å². The molecule has 1 atom stereocenters. The third-order valence-corrected chi connectivity index (χ3v) is 10.4. The Labute approximate surface area is 259 Å². The van der Waals surface area contributed by atoms with Crippen molar-refractivity contribution < 1.29 is 37.4 Å². The van der Waals surface area contributed by atoms with Crippen molar-refractivity contribution in [2.75, 3.05) is 31.1 Å². The molecule has 0 bridgehead atoms. The Balaban J connectivity index is 1.48. The molecule has 2 N–H and O–H groups in total. The number of carboxylic acid groups (broad SMARTS) is 1. The van der Waals surface area contributed by atoms with Crippen LogP contribution in [0, 0.1) is 22.7 Å². The number of pyridine rings is 1. The molecule has 3 amide bonds. The first-order valence-corrected chi connectivity index (χ1v) is 15.6. The van der Waals surface area contributed by atoms with E-state index in [1.54, 1.807) is 13.0 Å². The van der Waals surface area contributed by atoms with E-state index in [0.29, 0.717) is 36.0 Å². The lowest BCUT2D eigenvalue weighted by molar-refractivity contribution is -0.145. The predicted octanol–water partition coefficient (Wildman–Crippen LogP) is 2.85. The maximum absolute atomic E-state index is 14.8. The fourth-order valence-corrected chi connectivity index (χ4v) is 8.01. The van der Waals surface area contributed by atoms with Crippen molar-refractivity contribution in [3.05, 3.63) is 77.5 Å². The predicted molar refractivity (Wildman–Crippen MR) is 158 cm³/mol. The lowest BCUT2D eigenvalue weighted by atomic mass is 9.57. The van der Waals surface area contributed by atoms with Crippen molar-refractivity contribution in [3.63, 3.8) is 0 Å². The van der Waals surface area contributed by atoms with Crippen LogP contribution in [0.4, 0.5) is 10.5 Å². The van der Waals surface area contributed by atoms with Crippen molar-refractivity contribution >= 4 is 33.6 Å². The average molecular weight is 632 g/mol. The number of carbonyl (C=O) groups excluding carboxylic acids is 2. The molecule has 1 saturated carbocycles. The van der Waals surface area contributed by atoms with Crippen LogP contribution in [-0.2, 0) is 25.2 Å². The van der Waals surface area contributed by atoms with Gasteiger partial charge in [0, 0.05) is 36.2 Å². The highest BCUT2D eigenvalue weighted by Gasteiger charge is 2.61. The molecular weight excluding hydrogens is 602 g/mol. The topological polar surface area (TPSA) is 179 Å². The number of sulfonamides is 1. The van der Waals surface area contributed by atoms with Gasteiger partial charge in [-0.25, -0.2) is 18.2 Å². The Morgan fingerprint density at radius 3 is 2.47 bits per heavy atom. The Morgan fingerprint density at radius 2 is 1.84 bits per heavy atom. The molecule has 1 saturated heterocycles. The van der Waals surface area contributed by atoms with Crippen molar-refractivity contribution in [1.29, 1.82) is 5.26 Å². The van der Waals surface area contributed by atoms with E-state index in [-0.39, 0.29) is 45.2 Å². The summed E-state index contributed by atoms with van der Waals surface area (Å²) in [6, 6.07) is 14.8. The summed E-state index contributed by atoms with van der Waals surface area (Å²) in [6.45, 7) is 2.51. The average Bonchev–Trinajstić information content (AvgIpc) is 3.23. The van der Waals surface area contributed by atoms with Gasteiger partial charge in [0.2, 0.25) is 11.8 Å². The largest absolute Gasteiger partial charge is 0.497 e. The van der Waals surface area contributed by atoms with Gasteiger partial charge in [0.25, 0.3) is 15.9 Å². The minimum atomic E-state index is -4.55. The number of fused-ring (bicyclic) bond motifs is 1. The van der Waals surface area contributed by atoms with Gasteiger partial charge < -0.3 is 24.8 Å². The number of likely N-dealkylation sites (tertiary alicyclic amines) is 1. The lowest BCUT2D eigenvalue weighted by Gasteiger charge is -2.57. The van der Waals surface area contributed by atoms with Crippen molar-refractivity contribution in [1.82, 2.24) is 15.2 Å². The summed E-state index contributed by atoms with van der Waals surface area (Å²) in [6.07, 6.45) is 1.23. The Kier molecular flexibility index (Phi) is 7.16. The number of methoxy groups -OCH3 is 1. The van der Waals surface area contributed by atoms with Crippen LogP contribution in [0.2, 0.25) is 0 Å². The van der Waals surface area contributed by atoms with Gasteiger partial charge in [-0.3, -0.25) is 9.59 Å². The van der Waals surface area contributed by atoms with E-state index >= 15 is 0 Å². The maximum atomic E-state index is 14.8. The first-order valence-electron chi connectivity index (χ1n) is 14.2. The third-order valence-electron chi connectivity index (χ3n) is 8.67. The number of amides is 3. The number of hydrogen-bond acceptors (Lipinski definition) is 9. The highest BCUT2D eigenvalue weighted by atomic mass is 32.2. The molecule has 45 heavy (non-hydrogen) atoms. The summed E-state index contributed by atoms with van der Waals surface area (Å²) in [5.41, 5.74) is -2.18. The van der Waals surface area contributed by atoms with E-state index in [2.05, 4.69) is 10.3 Å². The fourth-order valence-electron chi connectivity index (χ4n) is 6.54. The number of benzene rings is 2. The Hall–Kier alpha value is -5.16. The molecule has 2 fully saturated rings. The van der Waals surface area contributed by atoms with Gasteiger partial charge in [-0.15, -0.1) is 0 Å². The zero-order chi connectivity index (χ0) is 32.1. The Morgan fingerprint density at radius 1 is 1.13 bits per heavy atom. The van der Waals surface area contributed by atoms with E-state index < -0.39 is 39.4 Å². The molecule has 232 valence electrons. The third kappa shape index (κ3) is 4.62. The number of nitriles is 1. The van der Waals surface area contributed by atoms with Crippen LogP contribution in [0.25, 0.3) is 0 Å². The number of aromatic nitrogens is 1. The van der Waals surface area contributed by atoms with Crippen LogP contribution in [0.3, 0.4) is 0 Å². The summed E-state index contributed by atoms with van der Waals surface area (Å²) in [5.74, 6) is -1.67. The molecule has 3 heterocycles. The number of carbonyl (C=O) groups is 3. The molecule has 2 aromatic carbocycles. The SMILES string of the molecule is CCOc1ncccc1C1(NC(=O)C2CC3(C2)CN(C(=O)O)C3)C(=O)N(S(=O)(=O)c2ccc(OC)cc2)c2ccc(C#N)cc21. The van der Waals surface area contributed by atoms with E-state index in [1.165, 1.54) is 66.7 Å². The van der Waals surface area contributed by atoms with Crippen LogP contribution in [0.5, 0.6) is 11.6 Å². The van der Waals surface area contributed by atoms with Gasteiger partial charge in [-0.05, 0) is 74.4 Å². The van der Waals surface area contributed by atoms with E-state index in [9.17, 15) is 33.2 Å². The molecule has 1 aliphatic carbocycles. The molecule has 3 aliphatic rings. The number of nitrogens with one attached hydrogen (secondary N) is 1. The lowest BCUT2D eigenvalue weighted by Crippen LogP contribution is -2.66. The van der Waals surface area contributed by atoms with Crippen LogP contribution < -0.4 is 19.1 Å². The molecule has 2 aliphatic heterocycles. The number of anilines is 1. The first kappa shape index (κ1) is 29.9. The van der Waals surface area contributed by atoms with Gasteiger partial charge in [0.1, 0.15) is 5.75 Å². The number of hydrogen-bond donors (Lipinski definition) is 2. The van der Waals surface area contributed by atoms with E-state index in [0.717, 1.165) is 0 Å². The highest BCUT2D eigenvalue weighted by Crippen LogP contribution is 2.54. The zero-order valence-electron chi connectivity index (χ0n) is 24.4. The van der Waals surface area contributed by atoms with Crippen molar-refractivity contribution in [3.8, 4) is 17.7 Å². The summed E-state index contributed by atoms with van der Waals surface area (Å²) in [4.78, 5) is 45.5. The van der Waals surface area contributed by atoms with Gasteiger partial charge in [0.05, 0.1) is 41.5 Å². The van der Waals surface area contributed by atoms with Crippen molar-refractivity contribution in [2.45, 2.75) is 30.2 Å². The first-order chi connectivity index (χ1) is 21.5. The quantitative estimate of drug-likeness (QED) is 0.375. The normalized spacial score (nSPS) is 20.1. The van der Waals surface area contributed by atoms with E-state index in [1.807, 2.05) is 6.07 Å². The van der Waals surface area contributed by atoms with Gasteiger partial charge in [-0.2, -0.15) is 9.57 Å². The molecule has 1 unspecified atom stereocenters. The Bertz CT molecular complexity index is 1860. The van der Waals surface area contributed by atoms with Crippen LogP contribution in [-0.4, -0.2) is 68.1 Å². The highest BCUT2D eigenvalue weighted by molar-refractivity contribution is 7.93. The van der Waals surface area contributed by atoms with Gasteiger partial charge in [0.15, 0.2) is 5.54 Å². The molecule has 1 aromatic heterocycles. The minimum Gasteiger partial charge on any atom is -0.497 e. The van der Waals surface area contributed by atoms with Crippen LogP contribution in [0.15, 0.2) is 65.7 Å². The summed E-state index contributed by atoms with van der Waals surface area (Å²) in [7, 11) is -3.11. The number of ether oxygens (including phenoxy) is 2. The molecule has 6 rings (SSSR count). The van der Waals surface area contributed by atoms with Crippen LogP contribution >= 0.6 is 0 Å². The second kappa shape index (κ2) is 10.8. The fraction of sp³-hybridized carbons (Fsp3) is 0.323. The molecule has 3 aromatic rings. The smallest absolute Gasteiger partial charge is 0.407 e. The molecule has 13 nitrogen and oxygen atoms in total. The molecule has 14 heteroatoms. The second-order valence-corrected chi connectivity index (χ2v) is 13.2. The zero-order valence-corrected chi connectivity index (χ0v) is 25.2. The number of nitrogens with zero attached hydrogens (tertiary/aromatic N) is 4. The summed E-state index contributed by atoms with van der Waals surface area (Å²) < 4.78 is 39.9. The standard InChI is InChI=1S/C31H29N5O8S/c1-3-44-27-23(5-4-12-33-27)31(34-26(37)20-14-30(15-20)17-35(18-30)29(39)40)24-13-19(16-32)6-11-25(24)36(28(31)38)45(41,42)22-9-7-21(43-2)8-10-22/h4-13,20H,3,14-15,17-18H2,1-2H3,(H,34,37)(H,39,40). The molecule has 0 radical (unpaired) electrons. The van der Waals surface area contributed by atoms with Crippen LogP contribution in [0.1, 0.15) is 36.5 Å². The second-order valence-electron chi connectivity index (χ2n) is 11.4. The van der Waals surface area contributed by atoms with Gasteiger partial charge in [-0.1, -0.05) is 0 Å². The number of rotatable bonds is 8. The summed E-state index contributed by atoms with van der Waals surface area (Å²) >= 11 is 0. The van der Waals surface area contributed by atoms with Gasteiger partial charge >= 0.3 is 6.09 Å². The monoisotopic (exact) mass is 631 g/mol. The minimum absolute atomic E-state index is 0.00632.